The maximum Gasteiger partial charge on any atom is 0.263 e. The number of aryl methyl sites for hydroxylation is 1. The molecule has 0 unspecified atom stereocenters. The van der Waals surface area contributed by atoms with Crippen molar-refractivity contribution >= 4 is 49.7 Å². The van der Waals surface area contributed by atoms with Crippen LogP contribution in [0.25, 0.3) is 20.8 Å². The first-order valence-corrected chi connectivity index (χ1v) is 11.7. The van der Waals surface area contributed by atoms with E-state index >= 15 is 0 Å². The van der Waals surface area contributed by atoms with Gasteiger partial charge in [0.1, 0.15) is 15.6 Å². The molecule has 0 fully saturated rings. The lowest BCUT2D eigenvalue weighted by atomic mass is 10.0. The number of aromatic nitrogens is 3. The van der Waals surface area contributed by atoms with Crippen LogP contribution in [0.2, 0.25) is 0 Å². The molecule has 4 heterocycles. The number of methoxy groups -OCH3 is 1. The van der Waals surface area contributed by atoms with Crippen molar-refractivity contribution in [2.75, 3.05) is 19.0 Å². The lowest BCUT2D eigenvalue weighted by Gasteiger charge is -2.26. The Morgan fingerprint density at radius 3 is 2.78 bits per heavy atom. The number of benzene rings is 1. The smallest absolute Gasteiger partial charge is 0.263 e. The van der Waals surface area contributed by atoms with Gasteiger partial charge in [0.2, 0.25) is 11.8 Å². The molecule has 1 aliphatic rings. The number of ether oxygens (including phenoxy) is 1. The molecular weight excluding hydrogens is 446 g/mol. The summed E-state index contributed by atoms with van der Waals surface area (Å²) in [4.78, 5) is 32.8. The molecule has 1 N–H and O–H groups in total. The number of carbonyl (C=O) groups excluding carboxylic acids is 2. The molecule has 0 bridgehead atoms. The van der Waals surface area contributed by atoms with E-state index in [-0.39, 0.29) is 17.7 Å². The van der Waals surface area contributed by atoms with Crippen molar-refractivity contribution in [3.63, 3.8) is 0 Å². The largest absolute Gasteiger partial charge is 0.479 e. The Kier molecular flexibility index (Phi) is 5.18. The summed E-state index contributed by atoms with van der Waals surface area (Å²) in [5, 5.41) is 8.85. The van der Waals surface area contributed by atoms with Gasteiger partial charge in [0.15, 0.2) is 0 Å². The summed E-state index contributed by atoms with van der Waals surface area (Å²) < 4.78 is 7.90. The number of rotatable bonds is 4. The maximum absolute atomic E-state index is 13.1. The van der Waals surface area contributed by atoms with Crippen molar-refractivity contribution in [2.45, 2.75) is 19.9 Å². The van der Waals surface area contributed by atoms with Gasteiger partial charge >= 0.3 is 0 Å². The second kappa shape index (κ2) is 8.03. The number of hydrogen-bond donors (Lipinski definition) is 1. The molecule has 10 heteroatoms. The van der Waals surface area contributed by atoms with E-state index in [4.69, 9.17) is 9.72 Å². The summed E-state index contributed by atoms with van der Waals surface area (Å²) >= 11 is 3.11. The van der Waals surface area contributed by atoms with Gasteiger partial charge in [-0.3, -0.25) is 14.3 Å². The highest BCUT2D eigenvalue weighted by molar-refractivity contribution is 7.23. The predicted molar refractivity (Wildman–Crippen MR) is 125 cm³/mol. The molecule has 2 amide bonds. The average Bonchev–Trinajstić information content (AvgIpc) is 3.46. The first-order valence-electron chi connectivity index (χ1n) is 10.1. The van der Waals surface area contributed by atoms with Gasteiger partial charge in [0.05, 0.1) is 23.9 Å². The van der Waals surface area contributed by atoms with Gasteiger partial charge in [-0.2, -0.15) is 0 Å². The first-order chi connectivity index (χ1) is 15.4. The molecule has 0 radical (unpaired) electrons. The molecule has 164 valence electrons. The van der Waals surface area contributed by atoms with Gasteiger partial charge in [0, 0.05) is 37.2 Å². The minimum Gasteiger partial charge on any atom is -0.479 e. The Balaban J connectivity index is 1.59. The zero-order valence-corrected chi connectivity index (χ0v) is 19.5. The quantitative estimate of drug-likeness (QED) is 0.491. The lowest BCUT2D eigenvalue weighted by Crippen LogP contribution is -2.33. The fraction of sp³-hybridized carbons (Fsp3) is 0.273. The number of thiophene rings is 1. The summed E-state index contributed by atoms with van der Waals surface area (Å²) in [6, 6.07) is 8.00. The van der Waals surface area contributed by atoms with Crippen LogP contribution in [0.5, 0.6) is 5.88 Å². The van der Waals surface area contributed by atoms with E-state index in [1.807, 2.05) is 29.2 Å². The normalized spacial score (nSPS) is 13.3. The minimum atomic E-state index is -0.292. The van der Waals surface area contributed by atoms with Crippen LogP contribution < -0.4 is 10.1 Å². The van der Waals surface area contributed by atoms with Crippen LogP contribution >= 0.6 is 22.7 Å². The Bertz CT molecular complexity index is 1320. The number of thiazole rings is 1. The van der Waals surface area contributed by atoms with Crippen LogP contribution in [-0.4, -0.2) is 45.1 Å². The number of amides is 2. The van der Waals surface area contributed by atoms with Crippen molar-refractivity contribution in [1.82, 2.24) is 19.7 Å². The SMILES string of the molecule is COc1nn(C)cc1C(=O)Nc1sc2c(c1-c1nc3ccccc3s1)CCN(C(C)=O)C2. The third-order valence-corrected chi connectivity index (χ3v) is 7.66. The summed E-state index contributed by atoms with van der Waals surface area (Å²) in [7, 11) is 3.23. The highest BCUT2D eigenvalue weighted by Crippen LogP contribution is 2.46. The van der Waals surface area contributed by atoms with Crippen LogP contribution in [0.15, 0.2) is 30.5 Å². The van der Waals surface area contributed by atoms with Crippen LogP contribution in [-0.2, 0) is 24.8 Å². The van der Waals surface area contributed by atoms with Gasteiger partial charge in [-0.25, -0.2) is 4.98 Å². The summed E-state index contributed by atoms with van der Waals surface area (Å²) in [6.07, 6.45) is 2.36. The van der Waals surface area contributed by atoms with Crippen molar-refractivity contribution in [2.24, 2.45) is 7.05 Å². The molecule has 0 saturated heterocycles. The highest BCUT2D eigenvalue weighted by atomic mass is 32.1. The zero-order chi connectivity index (χ0) is 22.4. The molecule has 0 spiro atoms. The molecule has 4 aromatic rings. The van der Waals surface area contributed by atoms with E-state index in [2.05, 4.69) is 10.4 Å². The number of fused-ring (bicyclic) bond motifs is 2. The first kappa shape index (κ1) is 20.7. The molecular formula is C22H21N5O3S2. The second-order valence-corrected chi connectivity index (χ2v) is 9.70. The van der Waals surface area contributed by atoms with Gasteiger partial charge in [-0.1, -0.05) is 12.1 Å². The molecule has 8 nitrogen and oxygen atoms in total. The van der Waals surface area contributed by atoms with Gasteiger partial charge in [-0.15, -0.1) is 27.8 Å². The Morgan fingerprint density at radius 2 is 2.03 bits per heavy atom. The standard InChI is InChI=1S/C22H21N5O3S2/c1-12(28)27-9-8-13-17(11-27)32-22(24-19(29)14-10-26(2)25-20(14)30-3)18(13)21-23-15-6-4-5-7-16(15)31-21/h4-7,10H,8-9,11H2,1-3H3,(H,24,29). The Hall–Kier alpha value is -3.24. The fourth-order valence-electron chi connectivity index (χ4n) is 3.91. The molecule has 0 atom stereocenters. The fourth-order valence-corrected chi connectivity index (χ4v) is 6.28. The Morgan fingerprint density at radius 1 is 1.22 bits per heavy atom. The van der Waals surface area contributed by atoms with Crippen LogP contribution in [0.4, 0.5) is 5.00 Å². The van der Waals surface area contributed by atoms with E-state index in [0.29, 0.717) is 18.7 Å². The highest BCUT2D eigenvalue weighted by Gasteiger charge is 2.29. The van der Waals surface area contributed by atoms with Gasteiger partial charge in [0.25, 0.3) is 5.91 Å². The van der Waals surface area contributed by atoms with E-state index in [1.54, 1.807) is 36.2 Å². The van der Waals surface area contributed by atoms with Crippen LogP contribution in [0.3, 0.4) is 0 Å². The second-order valence-electron chi connectivity index (χ2n) is 7.57. The summed E-state index contributed by atoms with van der Waals surface area (Å²) in [6.45, 7) is 2.78. The molecule has 0 saturated carbocycles. The van der Waals surface area contributed by atoms with Gasteiger partial charge < -0.3 is 15.0 Å². The number of nitrogens with one attached hydrogen (secondary N) is 1. The van der Waals surface area contributed by atoms with E-state index < -0.39 is 0 Å². The number of anilines is 1. The maximum atomic E-state index is 13.1. The van der Waals surface area contributed by atoms with E-state index in [1.165, 1.54) is 18.4 Å². The average molecular weight is 468 g/mol. The minimum absolute atomic E-state index is 0.0521. The predicted octanol–water partition coefficient (Wildman–Crippen LogP) is 3.92. The molecule has 1 aliphatic heterocycles. The summed E-state index contributed by atoms with van der Waals surface area (Å²) in [5.41, 5.74) is 3.40. The number of hydrogen-bond acceptors (Lipinski definition) is 7. The Labute approximate surface area is 192 Å². The molecule has 32 heavy (non-hydrogen) atoms. The molecule has 3 aromatic heterocycles. The number of para-hydroxylation sites is 1. The van der Waals surface area contributed by atoms with Crippen molar-refractivity contribution in [3.05, 3.63) is 46.5 Å². The number of nitrogens with zero attached hydrogens (tertiary/aromatic N) is 4. The van der Waals surface area contributed by atoms with Crippen molar-refractivity contribution in [3.8, 4) is 16.5 Å². The molecule has 5 rings (SSSR count). The summed E-state index contributed by atoms with van der Waals surface area (Å²) in [5.74, 6) is 0.0335. The lowest BCUT2D eigenvalue weighted by molar-refractivity contribution is -0.129. The molecule has 1 aromatic carbocycles. The zero-order valence-electron chi connectivity index (χ0n) is 17.8. The van der Waals surface area contributed by atoms with Crippen LogP contribution in [0, 0.1) is 0 Å². The third kappa shape index (κ3) is 3.55. The molecule has 0 aliphatic carbocycles. The van der Waals surface area contributed by atoms with Gasteiger partial charge in [-0.05, 0) is 24.1 Å². The monoisotopic (exact) mass is 467 g/mol. The van der Waals surface area contributed by atoms with E-state index in [9.17, 15) is 9.59 Å². The number of carbonyl (C=O) groups is 2. The third-order valence-electron chi connectivity index (χ3n) is 5.47. The topological polar surface area (TPSA) is 89.3 Å². The van der Waals surface area contributed by atoms with E-state index in [0.717, 1.165) is 42.7 Å². The van der Waals surface area contributed by atoms with Crippen LogP contribution in [0.1, 0.15) is 27.7 Å². The van der Waals surface area contributed by atoms with Crippen molar-refractivity contribution < 1.29 is 14.3 Å². The van der Waals surface area contributed by atoms with Crippen molar-refractivity contribution in [1.29, 1.82) is 0 Å².